The third-order valence-corrected chi connectivity index (χ3v) is 5.42. The van der Waals surface area contributed by atoms with Crippen molar-refractivity contribution < 1.29 is 4.79 Å². The first-order valence-corrected chi connectivity index (χ1v) is 9.66. The number of aryl methyl sites for hydroxylation is 2. The molecule has 5 heteroatoms. The first-order valence-electron chi connectivity index (χ1n) is 9.66. The highest BCUT2D eigenvalue weighted by atomic mass is 16.2. The van der Waals surface area contributed by atoms with E-state index in [1.165, 1.54) is 16.5 Å². The fourth-order valence-electron chi connectivity index (χ4n) is 3.78. The molecule has 1 aliphatic heterocycles. The van der Waals surface area contributed by atoms with Crippen LogP contribution < -0.4 is 0 Å². The molecule has 0 saturated carbocycles. The van der Waals surface area contributed by atoms with E-state index in [1.807, 2.05) is 27.9 Å². The lowest BCUT2D eigenvalue weighted by atomic mass is 10.1. The number of piperazine rings is 1. The van der Waals surface area contributed by atoms with Crippen LogP contribution in [0.5, 0.6) is 0 Å². The summed E-state index contributed by atoms with van der Waals surface area (Å²) < 4.78 is 1.95. The summed E-state index contributed by atoms with van der Waals surface area (Å²) >= 11 is 0. The smallest absolute Gasteiger partial charge is 0.224 e. The molecule has 1 aliphatic rings. The average Bonchev–Trinajstić information content (AvgIpc) is 3.12. The Kier molecular flexibility index (Phi) is 5.21. The number of rotatable bonds is 5. The van der Waals surface area contributed by atoms with Crippen LogP contribution in [0, 0.1) is 6.92 Å². The van der Waals surface area contributed by atoms with Crippen molar-refractivity contribution in [3.63, 3.8) is 0 Å². The number of nitrogens with zero attached hydrogens (tertiary/aromatic N) is 4. The minimum atomic E-state index is 0.227. The maximum atomic E-state index is 12.6. The Bertz CT molecular complexity index is 910. The van der Waals surface area contributed by atoms with E-state index in [1.54, 1.807) is 0 Å². The number of amides is 1. The first-order chi connectivity index (χ1) is 13.2. The van der Waals surface area contributed by atoms with Crippen molar-refractivity contribution in [3.8, 4) is 0 Å². The van der Waals surface area contributed by atoms with Gasteiger partial charge in [-0.3, -0.25) is 14.4 Å². The van der Waals surface area contributed by atoms with E-state index in [9.17, 15) is 4.79 Å². The molecule has 1 fully saturated rings. The number of benzene rings is 2. The Morgan fingerprint density at radius 3 is 2.56 bits per heavy atom. The van der Waals surface area contributed by atoms with Crippen LogP contribution in [0.2, 0.25) is 0 Å². The number of carbonyl (C=O) groups excluding carboxylic acids is 1. The van der Waals surface area contributed by atoms with Gasteiger partial charge in [0.05, 0.1) is 18.3 Å². The number of aromatic nitrogens is 2. The fraction of sp³-hybridized carbons (Fsp3) is 0.364. The standard InChI is InChI=1S/C22H26N4O/c1-18-6-5-9-21-20(18)16-23-26(21)11-10-22(27)25-14-12-24(13-15-25)17-19-7-3-2-4-8-19/h2-9,16H,10-15,17H2,1H3. The van der Waals surface area contributed by atoms with Crippen LogP contribution in [0.25, 0.3) is 10.9 Å². The first kappa shape index (κ1) is 17.7. The van der Waals surface area contributed by atoms with Gasteiger partial charge >= 0.3 is 0 Å². The van der Waals surface area contributed by atoms with Crippen LogP contribution in [-0.2, 0) is 17.9 Å². The molecule has 3 aromatic rings. The molecule has 5 nitrogen and oxygen atoms in total. The lowest BCUT2D eigenvalue weighted by Crippen LogP contribution is -2.48. The SMILES string of the molecule is Cc1cccc2c1cnn2CCC(=O)N1CCN(Cc2ccccc2)CC1. The molecule has 140 valence electrons. The lowest BCUT2D eigenvalue weighted by Gasteiger charge is -2.34. The second-order valence-corrected chi connectivity index (χ2v) is 7.27. The van der Waals surface area contributed by atoms with Gasteiger partial charge in [0.15, 0.2) is 0 Å². The van der Waals surface area contributed by atoms with Crippen molar-refractivity contribution in [2.75, 3.05) is 26.2 Å². The molecule has 4 rings (SSSR count). The van der Waals surface area contributed by atoms with Crippen molar-refractivity contribution in [1.29, 1.82) is 0 Å². The van der Waals surface area contributed by atoms with Gasteiger partial charge in [-0.15, -0.1) is 0 Å². The van der Waals surface area contributed by atoms with Crippen molar-refractivity contribution in [2.24, 2.45) is 0 Å². The van der Waals surface area contributed by atoms with Gasteiger partial charge in [0.25, 0.3) is 0 Å². The molecule has 2 aromatic carbocycles. The monoisotopic (exact) mass is 362 g/mol. The maximum Gasteiger partial charge on any atom is 0.224 e. The number of fused-ring (bicyclic) bond motifs is 1. The molecular formula is C22H26N4O. The van der Waals surface area contributed by atoms with Crippen molar-refractivity contribution in [2.45, 2.75) is 26.4 Å². The summed E-state index contributed by atoms with van der Waals surface area (Å²) in [5.41, 5.74) is 3.66. The van der Waals surface area contributed by atoms with Gasteiger partial charge in [0.1, 0.15) is 0 Å². The number of carbonyl (C=O) groups is 1. The highest BCUT2D eigenvalue weighted by Gasteiger charge is 2.21. The summed E-state index contributed by atoms with van der Waals surface area (Å²) in [6.07, 6.45) is 2.40. The second-order valence-electron chi connectivity index (χ2n) is 7.27. The van der Waals surface area contributed by atoms with Crippen molar-refractivity contribution in [1.82, 2.24) is 19.6 Å². The zero-order valence-corrected chi connectivity index (χ0v) is 15.8. The molecular weight excluding hydrogens is 336 g/mol. The lowest BCUT2D eigenvalue weighted by molar-refractivity contribution is -0.133. The summed E-state index contributed by atoms with van der Waals surface area (Å²) in [6.45, 7) is 7.18. The van der Waals surface area contributed by atoms with Gasteiger partial charge in [0, 0.05) is 44.5 Å². The molecule has 0 N–H and O–H groups in total. The predicted molar refractivity (Wildman–Crippen MR) is 107 cm³/mol. The van der Waals surface area contributed by atoms with Gasteiger partial charge in [-0.2, -0.15) is 5.10 Å². The molecule has 0 unspecified atom stereocenters. The summed E-state index contributed by atoms with van der Waals surface area (Å²) in [6, 6.07) is 16.7. The van der Waals surface area contributed by atoms with Gasteiger partial charge in [-0.25, -0.2) is 0 Å². The van der Waals surface area contributed by atoms with E-state index < -0.39 is 0 Å². The predicted octanol–water partition coefficient (Wildman–Crippen LogP) is 3.08. The Hall–Kier alpha value is -2.66. The number of hydrogen-bond acceptors (Lipinski definition) is 3. The second kappa shape index (κ2) is 7.92. The third-order valence-electron chi connectivity index (χ3n) is 5.42. The maximum absolute atomic E-state index is 12.6. The van der Waals surface area contributed by atoms with Gasteiger partial charge in [-0.1, -0.05) is 42.5 Å². The largest absolute Gasteiger partial charge is 0.340 e. The summed E-state index contributed by atoms with van der Waals surface area (Å²) in [5, 5.41) is 5.64. The number of hydrogen-bond donors (Lipinski definition) is 0. The quantitative estimate of drug-likeness (QED) is 0.700. The Balaban J connectivity index is 1.29. The molecule has 27 heavy (non-hydrogen) atoms. The minimum Gasteiger partial charge on any atom is -0.340 e. The fourth-order valence-corrected chi connectivity index (χ4v) is 3.78. The van der Waals surface area contributed by atoms with E-state index in [-0.39, 0.29) is 5.91 Å². The van der Waals surface area contributed by atoms with Crippen molar-refractivity contribution >= 4 is 16.8 Å². The summed E-state index contributed by atoms with van der Waals surface area (Å²) in [4.78, 5) is 17.0. The molecule has 0 spiro atoms. The topological polar surface area (TPSA) is 41.4 Å². The minimum absolute atomic E-state index is 0.227. The van der Waals surface area contributed by atoms with E-state index in [2.05, 4.69) is 53.3 Å². The highest BCUT2D eigenvalue weighted by Crippen LogP contribution is 2.18. The van der Waals surface area contributed by atoms with E-state index >= 15 is 0 Å². The molecule has 0 radical (unpaired) electrons. The van der Waals surface area contributed by atoms with Gasteiger partial charge < -0.3 is 4.90 Å². The molecule has 0 atom stereocenters. The van der Waals surface area contributed by atoms with Crippen LogP contribution in [-0.4, -0.2) is 51.7 Å². The van der Waals surface area contributed by atoms with Crippen molar-refractivity contribution in [3.05, 3.63) is 65.9 Å². The van der Waals surface area contributed by atoms with Crippen LogP contribution in [0.3, 0.4) is 0 Å². The van der Waals surface area contributed by atoms with E-state index in [0.29, 0.717) is 13.0 Å². The molecule has 0 bridgehead atoms. The van der Waals surface area contributed by atoms with Crippen LogP contribution >= 0.6 is 0 Å². The molecule has 1 aromatic heterocycles. The zero-order valence-electron chi connectivity index (χ0n) is 15.8. The molecule has 0 aliphatic carbocycles. The average molecular weight is 362 g/mol. The molecule has 1 saturated heterocycles. The van der Waals surface area contributed by atoms with Crippen LogP contribution in [0.4, 0.5) is 0 Å². The van der Waals surface area contributed by atoms with E-state index in [0.717, 1.165) is 38.2 Å². The molecule has 1 amide bonds. The zero-order chi connectivity index (χ0) is 18.6. The summed E-state index contributed by atoms with van der Waals surface area (Å²) in [7, 11) is 0. The molecule has 2 heterocycles. The van der Waals surface area contributed by atoms with E-state index in [4.69, 9.17) is 0 Å². The van der Waals surface area contributed by atoms with Crippen LogP contribution in [0.1, 0.15) is 17.5 Å². The van der Waals surface area contributed by atoms with Crippen LogP contribution in [0.15, 0.2) is 54.7 Å². The highest BCUT2D eigenvalue weighted by molar-refractivity contribution is 5.82. The Labute approximate surface area is 160 Å². The summed E-state index contributed by atoms with van der Waals surface area (Å²) in [5.74, 6) is 0.227. The van der Waals surface area contributed by atoms with Gasteiger partial charge in [0.2, 0.25) is 5.91 Å². The normalized spacial score (nSPS) is 15.4. The Morgan fingerprint density at radius 2 is 1.78 bits per heavy atom. The van der Waals surface area contributed by atoms with Gasteiger partial charge in [-0.05, 0) is 24.1 Å². The third kappa shape index (κ3) is 4.03. The Morgan fingerprint density at radius 1 is 1.00 bits per heavy atom.